The topological polar surface area (TPSA) is 63.9 Å². The van der Waals surface area contributed by atoms with E-state index in [-0.39, 0.29) is 23.8 Å². The van der Waals surface area contributed by atoms with Crippen LogP contribution in [0.2, 0.25) is 0 Å². The number of hydrogen-bond acceptors (Lipinski definition) is 5. The van der Waals surface area contributed by atoms with Gasteiger partial charge in [0.2, 0.25) is 0 Å². The highest BCUT2D eigenvalue weighted by molar-refractivity contribution is 5.86. The van der Waals surface area contributed by atoms with Gasteiger partial charge in [-0.25, -0.2) is 9.37 Å². The van der Waals surface area contributed by atoms with Crippen molar-refractivity contribution in [1.29, 1.82) is 0 Å². The van der Waals surface area contributed by atoms with Gasteiger partial charge in [-0.1, -0.05) is 0 Å². The minimum atomic E-state index is -0.289. The highest BCUT2D eigenvalue weighted by atomic mass is 19.1. The number of carbonyl (C=O) groups is 1. The Morgan fingerprint density at radius 2 is 2.10 bits per heavy atom. The number of aromatic nitrogens is 4. The Morgan fingerprint density at radius 1 is 1.28 bits per heavy atom. The van der Waals surface area contributed by atoms with Crippen LogP contribution in [-0.4, -0.2) is 56.7 Å². The summed E-state index contributed by atoms with van der Waals surface area (Å²) in [4.78, 5) is 24.1. The van der Waals surface area contributed by atoms with Crippen LogP contribution in [0.1, 0.15) is 18.5 Å². The van der Waals surface area contributed by atoms with Gasteiger partial charge in [0.05, 0.1) is 17.4 Å². The molecule has 6 nitrogen and oxygen atoms in total. The lowest BCUT2D eigenvalue weighted by Gasteiger charge is -2.58. The van der Waals surface area contributed by atoms with Crippen molar-refractivity contribution in [3.05, 3.63) is 42.5 Å². The molecule has 1 aliphatic carbocycles. The quantitative estimate of drug-likeness (QED) is 0.644. The molecule has 2 aliphatic rings. The van der Waals surface area contributed by atoms with Crippen LogP contribution >= 0.6 is 0 Å². The van der Waals surface area contributed by atoms with Gasteiger partial charge in [-0.05, 0) is 36.5 Å². The van der Waals surface area contributed by atoms with E-state index in [0.717, 1.165) is 53.8 Å². The van der Waals surface area contributed by atoms with E-state index in [2.05, 4.69) is 15.0 Å². The predicted molar refractivity (Wildman–Crippen MR) is 108 cm³/mol. The maximum absolute atomic E-state index is 12.7. The Labute approximate surface area is 168 Å². The van der Waals surface area contributed by atoms with E-state index in [9.17, 15) is 9.18 Å². The molecule has 0 N–H and O–H groups in total. The zero-order valence-corrected chi connectivity index (χ0v) is 16.5. The molecule has 0 aromatic carbocycles. The number of likely N-dealkylation sites (tertiary alicyclic amines) is 1. The van der Waals surface area contributed by atoms with Crippen LogP contribution in [0, 0.1) is 11.3 Å². The van der Waals surface area contributed by atoms with E-state index in [1.54, 1.807) is 17.1 Å². The molecule has 2 fully saturated rings. The van der Waals surface area contributed by atoms with E-state index in [4.69, 9.17) is 4.98 Å². The van der Waals surface area contributed by atoms with Gasteiger partial charge in [0, 0.05) is 68.1 Å². The van der Waals surface area contributed by atoms with Gasteiger partial charge in [-0.2, -0.15) is 5.10 Å². The zero-order valence-electron chi connectivity index (χ0n) is 16.5. The molecule has 1 aliphatic heterocycles. The number of carbonyl (C=O) groups excluding carboxylic acids is 1. The molecule has 0 amide bonds. The summed E-state index contributed by atoms with van der Waals surface area (Å²) in [6.07, 6.45) is 7.74. The van der Waals surface area contributed by atoms with E-state index >= 15 is 0 Å². The summed E-state index contributed by atoms with van der Waals surface area (Å²) in [5.74, 6) is 0.379. The molecular formula is C22H24FN5O. The van der Waals surface area contributed by atoms with Gasteiger partial charge in [0.25, 0.3) is 0 Å². The van der Waals surface area contributed by atoms with Crippen LogP contribution < -0.4 is 0 Å². The number of nitrogens with zero attached hydrogens (tertiary/aromatic N) is 5. The van der Waals surface area contributed by atoms with Crippen LogP contribution in [-0.2, 0) is 18.3 Å². The summed E-state index contributed by atoms with van der Waals surface area (Å²) in [6.45, 7) is 2.12. The second-order valence-corrected chi connectivity index (χ2v) is 8.62. The van der Waals surface area contributed by atoms with Crippen molar-refractivity contribution >= 4 is 16.7 Å². The third-order valence-corrected chi connectivity index (χ3v) is 6.32. The van der Waals surface area contributed by atoms with Crippen LogP contribution in [0.15, 0.2) is 36.8 Å². The number of hydrogen-bond donors (Lipinski definition) is 0. The second-order valence-electron chi connectivity index (χ2n) is 8.62. The van der Waals surface area contributed by atoms with Crippen molar-refractivity contribution in [2.45, 2.75) is 19.3 Å². The molecule has 29 heavy (non-hydrogen) atoms. The Balaban J connectivity index is 1.25. The number of rotatable bonds is 6. The molecule has 1 saturated carbocycles. The minimum Gasteiger partial charge on any atom is -0.300 e. The van der Waals surface area contributed by atoms with Crippen LogP contribution in [0.25, 0.3) is 22.2 Å². The summed E-state index contributed by atoms with van der Waals surface area (Å²) >= 11 is 0. The highest BCUT2D eigenvalue weighted by Crippen LogP contribution is 2.52. The fourth-order valence-corrected chi connectivity index (χ4v) is 4.84. The van der Waals surface area contributed by atoms with Crippen LogP contribution in [0.3, 0.4) is 0 Å². The number of ketones is 1. The first-order valence-electron chi connectivity index (χ1n) is 10.1. The summed E-state index contributed by atoms with van der Waals surface area (Å²) in [7, 11) is 1.88. The Bertz CT molecular complexity index is 1060. The summed E-state index contributed by atoms with van der Waals surface area (Å²) < 4.78 is 14.2. The molecule has 150 valence electrons. The molecule has 7 heteroatoms. The van der Waals surface area contributed by atoms with Crippen LogP contribution in [0.5, 0.6) is 0 Å². The Morgan fingerprint density at radius 3 is 2.83 bits per heavy atom. The number of fused-ring (bicyclic) bond motifs is 1. The molecule has 5 rings (SSSR count). The van der Waals surface area contributed by atoms with Crippen molar-refractivity contribution in [3.63, 3.8) is 0 Å². The average molecular weight is 393 g/mol. The van der Waals surface area contributed by atoms with Gasteiger partial charge in [-0.15, -0.1) is 0 Å². The Hall–Kier alpha value is -2.67. The maximum atomic E-state index is 12.7. The molecule has 0 radical (unpaired) electrons. The van der Waals surface area contributed by atoms with Crippen molar-refractivity contribution in [2.24, 2.45) is 18.4 Å². The second kappa shape index (κ2) is 6.99. The molecule has 0 bridgehead atoms. The fraction of sp³-hybridized carbons (Fsp3) is 0.455. The summed E-state index contributed by atoms with van der Waals surface area (Å²) in [6, 6.07) is 5.89. The summed E-state index contributed by atoms with van der Waals surface area (Å²) in [5.41, 5.74) is 3.71. The van der Waals surface area contributed by atoms with Gasteiger partial charge in [0.15, 0.2) is 0 Å². The molecule has 3 aromatic heterocycles. The lowest BCUT2D eigenvalue weighted by molar-refractivity contribution is -0.141. The molecule has 0 atom stereocenters. The molecule has 4 heterocycles. The minimum absolute atomic E-state index is 0.120. The van der Waals surface area contributed by atoms with E-state index < -0.39 is 0 Å². The highest BCUT2D eigenvalue weighted by Gasteiger charge is 2.53. The first kappa shape index (κ1) is 18.4. The predicted octanol–water partition coefficient (Wildman–Crippen LogP) is 2.82. The number of halogens is 1. The molecule has 0 unspecified atom stereocenters. The lowest BCUT2D eigenvalue weighted by Crippen LogP contribution is -2.63. The summed E-state index contributed by atoms with van der Waals surface area (Å²) in [5, 5.41) is 5.16. The molecule has 1 spiro atoms. The number of Topliss-reactive ketones (excluding diaryl/α,β-unsaturated/α-hetero) is 1. The first-order chi connectivity index (χ1) is 14.0. The van der Waals surface area contributed by atoms with Crippen LogP contribution in [0.4, 0.5) is 4.39 Å². The molecule has 1 saturated heterocycles. The van der Waals surface area contributed by atoms with Crippen molar-refractivity contribution in [1.82, 2.24) is 24.6 Å². The van der Waals surface area contributed by atoms with E-state index in [1.165, 1.54) is 0 Å². The SMILES string of the molecule is Cn1cc(-c2ccc3cnc(CC(=O)C4CC5(C4)CN(CCF)C5)cc3n2)cn1. The first-order valence-corrected chi connectivity index (χ1v) is 10.1. The maximum Gasteiger partial charge on any atom is 0.141 e. The van der Waals surface area contributed by atoms with Crippen molar-refractivity contribution in [2.75, 3.05) is 26.3 Å². The van der Waals surface area contributed by atoms with E-state index in [1.807, 2.05) is 31.4 Å². The van der Waals surface area contributed by atoms with Gasteiger partial charge >= 0.3 is 0 Å². The smallest absolute Gasteiger partial charge is 0.141 e. The van der Waals surface area contributed by atoms with Crippen molar-refractivity contribution in [3.8, 4) is 11.3 Å². The lowest BCUT2D eigenvalue weighted by atomic mass is 9.56. The van der Waals surface area contributed by atoms with Gasteiger partial charge in [0.1, 0.15) is 12.5 Å². The third-order valence-electron chi connectivity index (χ3n) is 6.32. The zero-order chi connectivity index (χ0) is 20.0. The third kappa shape index (κ3) is 3.44. The fourth-order valence-electron chi connectivity index (χ4n) is 4.84. The number of pyridine rings is 2. The van der Waals surface area contributed by atoms with Gasteiger partial charge in [-0.3, -0.25) is 19.4 Å². The van der Waals surface area contributed by atoms with Crippen molar-refractivity contribution < 1.29 is 9.18 Å². The largest absolute Gasteiger partial charge is 0.300 e. The molecule has 3 aromatic rings. The molecular weight excluding hydrogens is 369 g/mol. The number of alkyl halides is 1. The Kier molecular flexibility index (Phi) is 4.42. The standard InChI is InChI=1S/C22H24FN5O/c1-27-12-17(11-25-27)19-3-2-15-10-24-18(6-20(15)26-19)7-21(29)16-8-22(9-16)13-28(14-22)5-4-23/h2-3,6,10-12,16H,4-5,7-9,13-14H2,1H3. The van der Waals surface area contributed by atoms with E-state index in [0.29, 0.717) is 13.0 Å². The average Bonchev–Trinajstić information content (AvgIpc) is 3.08. The van der Waals surface area contributed by atoms with Gasteiger partial charge < -0.3 is 0 Å². The monoisotopic (exact) mass is 393 g/mol. The normalized spacial score (nSPS) is 18.7. The number of aryl methyl sites for hydroxylation is 1.